The molecule has 0 atom stereocenters. The van der Waals surface area contributed by atoms with Crippen LogP contribution in [0.15, 0.2) is 58.7 Å². The summed E-state index contributed by atoms with van der Waals surface area (Å²) in [6.45, 7) is 0. The van der Waals surface area contributed by atoms with Crippen molar-refractivity contribution < 1.29 is 13.2 Å². The van der Waals surface area contributed by atoms with E-state index < -0.39 is 11.7 Å². The topological polar surface area (TPSA) is 76.8 Å². The van der Waals surface area contributed by atoms with Gasteiger partial charge in [0.2, 0.25) is 5.96 Å². The van der Waals surface area contributed by atoms with Gasteiger partial charge in [0.1, 0.15) is 0 Å². The van der Waals surface area contributed by atoms with Crippen LogP contribution in [0.5, 0.6) is 0 Å². The quantitative estimate of drug-likeness (QED) is 0.519. The van der Waals surface area contributed by atoms with Crippen molar-refractivity contribution in [3.63, 3.8) is 0 Å². The third kappa shape index (κ3) is 3.85. The Bertz CT molecular complexity index is 699. The van der Waals surface area contributed by atoms with Crippen molar-refractivity contribution in [1.29, 1.82) is 0 Å². The predicted octanol–water partition coefficient (Wildman–Crippen LogP) is 2.98. The highest BCUT2D eigenvalue weighted by molar-refractivity contribution is 5.82. The highest BCUT2D eigenvalue weighted by Gasteiger charge is 2.33. The highest BCUT2D eigenvalue weighted by atomic mass is 19.4. The minimum absolute atomic E-state index is 0.128. The molecule has 0 bridgehead atoms. The van der Waals surface area contributed by atoms with E-state index in [0.29, 0.717) is 11.1 Å². The number of guanidine groups is 1. The van der Waals surface area contributed by atoms with Gasteiger partial charge in [-0.05, 0) is 22.8 Å². The molecule has 114 valence electrons. The first-order valence-corrected chi connectivity index (χ1v) is 6.26. The minimum atomic E-state index is -4.40. The van der Waals surface area contributed by atoms with Crippen molar-refractivity contribution >= 4 is 12.2 Å². The monoisotopic (exact) mass is 306 g/mol. The normalized spacial score (nSPS) is 11.6. The van der Waals surface area contributed by atoms with Gasteiger partial charge in [0.15, 0.2) is 0 Å². The molecule has 0 saturated carbocycles. The summed E-state index contributed by atoms with van der Waals surface area (Å²) in [5.74, 6) is -0.174. The molecule has 0 fully saturated rings. The van der Waals surface area contributed by atoms with Crippen molar-refractivity contribution in [2.75, 3.05) is 0 Å². The predicted molar refractivity (Wildman–Crippen MR) is 80.3 cm³/mol. The van der Waals surface area contributed by atoms with Crippen LogP contribution < -0.4 is 11.5 Å². The Balaban J connectivity index is 2.32. The van der Waals surface area contributed by atoms with Crippen molar-refractivity contribution in [3.05, 3.63) is 59.7 Å². The van der Waals surface area contributed by atoms with Crippen molar-refractivity contribution in [2.24, 2.45) is 21.7 Å². The van der Waals surface area contributed by atoms with Gasteiger partial charge in [0.25, 0.3) is 0 Å². The number of benzene rings is 2. The summed E-state index contributed by atoms with van der Waals surface area (Å²) in [6, 6.07) is 11.9. The third-order valence-electron chi connectivity index (χ3n) is 2.83. The molecule has 2 aromatic carbocycles. The van der Waals surface area contributed by atoms with Crippen LogP contribution >= 0.6 is 0 Å². The molecule has 0 radical (unpaired) electrons. The number of halogens is 3. The maximum Gasteiger partial charge on any atom is 0.417 e. The van der Waals surface area contributed by atoms with Gasteiger partial charge in [0, 0.05) is 0 Å². The Morgan fingerprint density at radius 3 is 2.18 bits per heavy atom. The van der Waals surface area contributed by atoms with Crippen molar-refractivity contribution in [3.8, 4) is 11.1 Å². The van der Waals surface area contributed by atoms with Gasteiger partial charge in [-0.15, -0.1) is 5.10 Å². The van der Waals surface area contributed by atoms with Gasteiger partial charge < -0.3 is 11.5 Å². The zero-order valence-corrected chi connectivity index (χ0v) is 11.4. The molecule has 2 aromatic rings. The molecule has 4 N–H and O–H groups in total. The number of nitrogens with zero attached hydrogens (tertiary/aromatic N) is 2. The summed E-state index contributed by atoms with van der Waals surface area (Å²) in [6.07, 6.45) is -3.00. The lowest BCUT2D eigenvalue weighted by atomic mass is 9.98. The van der Waals surface area contributed by atoms with Crippen LogP contribution in [0.3, 0.4) is 0 Å². The molecule has 0 aliphatic carbocycles. The second-order valence-electron chi connectivity index (χ2n) is 4.43. The van der Waals surface area contributed by atoms with Crippen LogP contribution in [0.1, 0.15) is 11.1 Å². The lowest BCUT2D eigenvalue weighted by Gasteiger charge is -2.12. The number of hydrogen-bond acceptors (Lipinski definition) is 2. The first kappa shape index (κ1) is 15.6. The van der Waals surface area contributed by atoms with Crippen molar-refractivity contribution in [1.82, 2.24) is 0 Å². The molecular weight excluding hydrogens is 293 g/mol. The number of rotatable bonds is 3. The first-order valence-electron chi connectivity index (χ1n) is 6.26. The zero-order chi connectivity index (χ0) is 16.2. The van der Waals surface area contributed by atoms with E-state index in [1.807, 2.05) is 0 Å². The lowest BCUT2D eigenvalue weighted by Crippen LogP contribution is -2.21. The molecule has 0 unspecified atom stereocenters. The molecule has 0 spiro atoms. The molecule has 0 aliphatic heterocycles. The van der Waals surface area contributed by atoms with E-state index in [9.17, 15) is 13.2 Å². The van der Waals surface area contributed by atoms with Gasteiger partial charge >= 0.3 is 6.18 Å². The largest absolute Gasteiger partial charge is 0.417 e. The summed E-state index contributed by atoms with van der Waals surface area (Å²) >= 11 is 0. The molecule has 22 heavy (non-hydrogen) atoms. The average molecular weight is 306 g/mol. The standard InChI is InChI=1S/C15H13F3N4/c16-15(17,18)13-4-2-1-3-12(13)11-7-5-10(6-8-11)9-21-22-14(19)20/h1-9H,(H4,19,20,22). The Labute approximate surface area is 125 Å². The van der Waals surface area contributed by atoms with E-state index in [4.69, 9.17) is 11.5 Å². The van der Waals surface area contributed by atoms with E-state index in [1.54, 1.807) is 30.3 Å². The fraction of sp³-hybridized carbons (Fsp3) is 0.0667. The second kappa shape index (κ2) is 6.30. The number of nitrogens with two attached hydrogens (primary N) is 2. The minimum Gasteiger partial charge on any atom is -0.369 e. The Hall–Kier alpha value is -2.83. The number of alkyl halides is 3. The summed E-state index contributed by atoms with van der Waals surface area (Å²) in [5, 5.41) is 7.07. The van der Waals surface area contributed by atoms with Gasteiger partial charge in [-0.25, -0.2) is 0 Å². The summed E-state index contributed by atoms with van der Waals surface area (Å²) in [5.41, 5.74) is 10.8. The van der Waals surface area contributed by atoms with Gasteiger partial charge in [-0.3, -0.25) is 0 Å². The van der Waals surface area contributed by atoms with Gasteiger partial charge in [0.05, 0.1) is 11.8 Å². The van der Waals surface area contributed by atoms with Gasteiger partial charge in [-0.1, -0.05) is 42.5 Å². The molecule has 0 saturated heterocycles. The molecule has 0 heterocycles. The van der Waals surface area contributed by atoms with Crippen LogP contribution in [0.2, 0.25) is 0 Å². The summed E-state index contributed by atoms with van der Waals surface area (Å²) in [4.78, 5) is 0. The maximum absolute atomic E-state index is 13.0. The molecule has 4 nitrogen and oxygen atoms in total. The van der Waals surface area contributed by atoms with Crippen LogP contribution in [-0.4, -0.2) is 12.2 Å². The fourth-order valence-corrected chi connectivity index (χ4v) is 1.89. The van der Waals surface area contributed by atoms with Crippen LogP contribution in [0.4, 0.5) is 13.2 Å². The van der Waals surface area contributed by atoms with Crippen molar-refractivity contribution in [2.45, 2.75) is 6.18 Å². The average Bonchev–Trinajstić information content (AvgIpc) is 2.47. The van der Waals surface area contributed by atoms with Crippen LogP contribution in [-0.2, 0) is 6.18 Å². The van der Waals surface area contributed by atoms with E-state index in [2.05, 4.69) is 10.2 Å². The van der Waals surface area contributed by atoms with E-state index in [1.165, 1.54) is 18.3 Å². The lowest BCUT2D eigenvalue weighted by molar-refractivity contribution is -0.137. The second-order valence-corrected chi connectivity index (χ2v) is 4.43. The van der Waals surface area contributed by atoms with E-state index >= 15 is 0 Å². The summed E-state index contributed by atoms with van der Waals surface area (Å²) < 4.78 is 39.0. The van der Waals surface area contributed by atoms with E-state index in [-0.39, 0.29) is 11.5 Å². The molecule has 2 rings (SSSR count). The Kier molecular flexibility index (Phi) is 4.45. The Morgan fingerprint density at radius 2 is 1.59 bits per heavy atom. The molecule has 7 heteroatoms. The van der Waals surface area contributed by atoms with Crippen LogP contribution in [0.25, 0.3) is 11.1 Å². The maximum atomic E-state index is 13.0. The zero-order valence-electron chi connectivity index (χ0n) is 11.4. The van der Waals surface area contributed by atoms with E-state index in [0.717, 1.165) is 6.07 Å². The molecular formula is C15H13F3N4. The fourth-order valence-electron chi connectivity index (χ4n) is 1.89. The smallest absolute Gasteiger partial charge is 0.369 e. The molecule has 0 aromatic heterocycles. The molecule has 0 aliphatic rings. The number of hydrogen-bond donors (Lipinski definition) is 2. The summed E-state index contributed by atoms with van der Waals surface area (Å²) in [7, 11) is 0. The Morgan fingerprint density at radius 1 is 0.955 bits per heavy atom. The highest BCUT2D eigenvalue weighted by Crippen LogP contribution is 2.36. The van der Waals surface area contributed by atoms with Gasteiger partial charge in [-0.2, -0.15) is 18.3 Å². The third-order valence-corrected chi connectivity index (χ3v) is 2.83. The van der Waals surface area contributed by atoms with Crippen LogP contribution in [0, 0.1) is 0 Å². The SMILES string of the molecule is NC(N)=NN=Cc1ccc(-c2ccccc2C(F)(F)F)cc1. The first-order chi connectivity index (χ1) is 10.4. The molecule has 0 amide bonds.